The summed E-state index contributed by atoms with van der Waals surface area (Å²) >= 11 is 0. The van der Waals surface area contributed by atoms with Gasteiger partial charge in [0.2, 0.25) is 0 Å². The summed E-state index contributed by atoms with van der Waals surface area (Å²) in [5, 5.41) is 11.6. The second-order valence-corrected chi connectivity index (χ2v) is 6.98. The number of nitrogens with zero attached hydrogens (tertiary/aromatic N) is 1. The summed E-state index contributed by atoms with van der Waals surface area (Å²) in [6.45, 7) is 5.18. The van der Waals surface area contributed by atoms with Crippen molar-refractivity contribution >= 4 is 17.8 Å². The molecule has 0 aliphatic carbocycles. The maximum atomic E-state index is 12.6. The lowest BCUT2D eigenvalue weighted by Crippen LogP contribution is -2.55. The van der Waals surface area contributed by atoms with Crippen LogP contribution in [0.1, 0.15) is 32.8 Å². The Morgan fingerprint density at radius 1 is 1.29 bits per heavy atom. The third kappa shape index (κ3) is 3.73. The van der Waals surface area contributed by atoms with Gasteiger partial charge in [-0.05, 0) is 23.8 Å². The molecule has 7 heteroatoms. The SMILES string of the molecule is CC(C)(C)C(C(=O)NO)N1C(=O)NC(CCc2ccccc2)C1=O. The number of carbonyl (C=O) groups excluding carboxylic acids is 3. The molecule has 1 aliphatic rings. The Balaban J connectivity index is 2.14. The van der Waals surface area contributed by atoms with Crippen molar-refractivity contribution in [2.45, 2.75) is 45.7 Å². The Labute approximate surface area is 141 Å². The summed E-state index contributed by atoms with van der Waals surface area (Å²) < 4.78 is 0. The Morgan fingerprint density at radius 2 is 1.92 bits per heavy atom. The lowest BCUT2D eigenvalue weighted by molar-refractivity contribution is -0.144. The number of hydrogen-bond donors (Lipinski definition) is 3. The van der Waals surface area contributed by atoms with E-state index in [1.807, 2.05) is 30.3 Å². The number of nitrogens with one attached hydrogen (secondary N) is 2. The lowest BCUT2D eigenvalue weighted by Gasteiger charge is -2.34. The molecular formula is C17H23N3O4. The maximum absolute atomic E-state index is 12.6. The zero-order valence-corrected chi connectivity index (χ0v) is 14.1. The minimum absolute atomic E-state index is 0.445. The third-order valence-electron chi connectivity index (χ3n) is 4.05. The molecule has 4 amide bonds. The van der Waals surface area contributed by atoms with Crippen molar-refractivity contribution in [1.29, 1.82) is 0 Å². The summed E-state index contributed by atoms with van der Waals surface area (Å²) in [5.41, 5.74) is 1.90. The van der Waals surface area contributed by atoms with Crippen LogP contribution in [0.2, 0.25) is 0 Å². The van der Waals surface area contributed by atoms with Gasteiger partial charge in [0.05, 0.1) is 0 Å². The van der Waals surface area contributed by atoms with Gasteiger partial charge in [-0.2, -0.15) is 0 Å². The van der Waals surface area contributed by atoms with Crippen molar-refractivity contribution in [2.75, 3.05) is 0 Å². The Kier molecular flexibility index (Phi) is 5.23. The first-order valence-electron chi connectivity index (χ1n) is 7.87. The van der Waals surface area contributed by atoms with Crippen LogP contribution in [0.25, 0.3) is 0 Å². The number of aryl methyl sites for hydroxylation is 1. The van der Waals surface area contributed by atoms with Crippen LogP contribution in [-0.4, -0.2) is 40.0 Å². The summed E-state index contributed by atoms with van der Waals surface area (Å²) in [6, 6.07) is 7.28. The van der Waals surface area contributed by atoms with E-state index >= 15 is 0 Å². The van der Waals surface area contributed by atoms with Gasteiger partial charge in [-0.1, -0.05) is 51.1 Å². The van der Waals surface area contributed by atoms with Gasteiger partial charge >= 0.3 is 6.03 Å². The number of benzene rings is 1. The van der Waals surface area contributed by atoms with Crippen LogP contribution < -0.4 is 10.8 Å². The summed E-state index contributed by atoms with van der Waals surface area (Å²) in [6.07, 6.45) is 1.08. The molecule has 2 atom stereocenters. The monoisotopic (exact) mass is 333 g/mol. The molecular weight excluding hydrogens is 310 g/mol. The highest BCUT2D eigenvalue weighted by Crippen LogP contribution is 2.28. The molecule has 2 unspecified atom stereocenters. The smallest absolute Gasteiger partial charge is 0.325 e. The number of hydrogen-bond acceptors (Lipinski definition) is 4. The van der Waals surface area contributed by atoms with Gasteiger partial charge in [0.1, 0.15) is 12.1 Å². The standard InChI is InChI=1S/C17H23N3O4/c1-17(2,3)13(14(21)19-24)20-15(22)12(18-16(20)23)10-9-11-7-5-4-6-8-11/h4-8,12-13,24H,9-10H2,1-3H3,(H,18,23)(H,19,21). The predicted molar refractivity (Wildman–Crippen MR) is 87.1 cm³/mol. The largest absolute Gasteiger partial charge is 0.326 e. The summed E-state index contributed by atoms with van der Waals surface area (Å²) in [7, 11) is 0. The molecule has 1 aromatic carbocycles. The highest BCUT2D eigenvalue weighted by atomic mass is 16.5. The molecule has 7 nitrogen and oxygen atoms in total. The van der Waals surface area contributed by atoms with Crippen molar-refractivity contribution < 1.29 is 19.6 Å². The van der Waals surface area contributed by atoms with Crippen LogP contribution in [0.3, 0.4) is 0 Å². The Morgan fingerprint density at radius 3 is 2.46 bits per heavy atom. The third-order valence-corrected chi connectivity index (χ3v) is 4.05. The van der Waals surface area contributed by atoms with Crippen molar-refractivity contribution in [2.24, 2.45) is 5.41 Å². The quantitative estimate of drug-likeness (QED) is 0.431. The van der Waals surface area contributed by atoms with E-state index in [0.717, 1.165) is 10.5 Å². The number of urea groups is 1. The minimum Gasteiger partial charge on any atom is -0.326 e. The van der Waals surface area contributed by atoms with E-state index in [0.29, 0.717) is 12.8 Å². The molecule has 1 saturated heterocycles. The number of carbonyl (C=O) groups is 3. The van der Waals surface area contributed by atoms with Gasteiger partial charge in [0.15, 0.2) is 0 Å². The van der Waals surface area contributed by atoms with Crippen LogP contribution >= 0.6 is 0 Å². The Hall–Kier alpha value is -2.41. The van der Waals surface area contributed by atoms with Gasteiger partial charge in [-0.25, -0.2) is 15.2 Å². The zero-order chi connectivity index (χ0) is 17.9. The minimum atomic E-state index is -1.09. The molecule has 0 radical (unpaired) electrons. The van der Waals surface area contributed by atoms with Crippen LogP contribution in [-0.2, 0) is 16.0 Å². The summed E-state index contributed by atoms with van der Waals surface area (Å²) in [4.78, 5) is 37.8. The maximum Gasteiger partial charge on any atom is 0.325 e. The van der Waals surface area contributed by atoms with Gasteiger partial charge in [0.25, 0.3) is 11.8 Å². The topological polar surface area (TPSA) is 98.7 Å². The van der Waals surface area contributed by atoms with E-state index in [4.69, 9.17) is 5.21 Å². The van der Waals surface area contributed by atoms with Gasteiger partial charge < -0.3 is 5.32 Å². The molecule has 2 rings (SSSR count). The number of hydroxylamine groups is 1. The molecule has 0 saturated carbocycles. The first kappa shape index (κ1) is 17.9. The molecule has 0 spiro atoms. The first-order chi connectivity index (χ1) is 11.3. The zero-order valence-electron chi connectivity index (χ0n) is 14.1. The molecule has 1 aliphatic heterocycles. The number of rotatable bonds is 5. The fourth-order valence-electron chi connectivity index (χ4n) is 2.90. The lowest BCUT2D eigenvalue weighted by atomic mass is 9.85. The van der Waals surface area contributed by atoms with Crippen LogP contribution in [0.4, 0.5) is 4.79 Å². The van der Waals surface area contributed by atoms with Crippen molar-refractivity contribution in [3.05, 3.63) is 35.9 Å². The fraction of sp³-hybridized carbons (Fsp3) is 0.471. The van der Waals surface area contributed by atoms with Crippen molar-refractivity contribution in [1.82, 2.24) is 15.7 Å². The molecule has 1 fully saturated rings. The Bertz CT molecular complexity index is 624. The highest BCUT2D eigenvalue weighted by Gasteiger charge is 2.48. The molecule has 3 N–H and O–H groups in total. The van der Waals surface area contributed by atoms with E-state index in [-0.39, 0.29) is 0 Å². The normalized spacial score (nSPS) is 19.2. The molecule has 130 valence electrons. The molecule has 24 heavy (non-hydrogen) atoms. The van der Waals surface area contributed by atoms with E-state index < -0.39 is 35.3 Å². The molecule has 0 aromatic heterocycles. The summed E-state index contributed by atoms with van der Waals surface area (Å²) in [5.74, 6) is -1.23. The highest BCUT2D eigenvalue weighted by molar-refractivity contribution is 6.07. The number of amides is 4. The average molecular weight is 333 g/mol. The van der Waals surface area contributed by atoms with E-state index in [1.165, 1.54) is 0 Å². The second-order valence-electron chi connectivity index (χ2n) is 6.98. The second kappa shape index (κ2) is 7.00. The van der Waals surface area contributed by atoms with Crippen molar-refractivity contribution in [3.8, 4) is 0 Å². The predicted octanol–water partition coefficient (Wildman–Crippen LogP) is 1.46. The van der Waals surface area contributed by atoms with E-state index in [2.05, 4.69) is 5.32 Å². The molecule has 1 heterocycles. The molecule has 0 bridgehead atoms. The number of imide groups is 1. The fourth-order valence-corrected chi connectivity index (χ4v) is 2.90. The van der Waals surface area contributed by atoms with Gasteiger partial charge in [-0.15, -0.1) is 0 Å². The van der Waals surface area contributed by atoms with E-state index in [1.54, 1.807) is 26.3 Å². The van der Waals surface area contributed by atoms with Crippen molar-refractivity contribution in [3.63, 3.8) is 0 Å². The molecule has 1 aromatic rings. The average Bonchev–Trinajstić information content (AvgIpc) is 2.80. The van der Waals surface area contributed by atoms with Crippen LogP contribution in [0.5, 0.6) is 0 Å². The van der Waals surface area contributed by atoms with Crippen LogP contribution in [0.15, 0.2) is 30.3 Å². The van der Waals surface area contributed by atoms with Gasteiger partial charge in [0, 0.05) is 0 Å². The van der Waals surface area contributed by atoms with Gasteiger partial charge in [-0.3, -0.25) is 14.8 Å². The van der Waals surface area contributed by atoms with E-state index in [9.17, 15) is 14.4 Å². The first-order valence-corrected chi connectivity index (χ1v) is 7.87. The van der Waals surface area contributed by atoms with Crippen LogP contribution in [0, 0.1) is 5.41 Å².